The van der Waals surface area contributed by atoms with E-state index >= 15 is 0 Å². The Bertz CT molecular complexity index is 444. The van der Waals surface area contributed by atoms with Crippen molar-refractivity contribution in [3.05, 3.63) is 30.1 Å². The zero-order valence-corrected chi connectivity index (χ0v) is 10.7. The zero-order valence-electron chi connectivity index (χ0n) is 10.7. The highest BCUT2D eigenvalue weighted by Crippen LogP contribution is 2.33. The van der Waals surface area contributed by atoms with E-state index in [0.717, 1.165) is 0 Å². The van der Waals surface area contributed by atoms with E-state index in [1.807, 2.05) is 0 Å². The summed E-state index contributed by atoms with van der Waals surface area (Å²) in [6.07, 6.45) is 1.57. The number of rotatable bonds is 5. The number of aliphatic carboxylic acids is 1. The van der Waals surface area contributed by atoms with Crippen LogP contribution in [0.4, 0.5) is 4.39 Å². The molecule has 0 amide bonds. The molecular formula is C14H18FNO3. The van der Waals surface area contributed by atoms with Gasteiger partial charge in [-0.2, -0.15) is 0 Å². The molecular weight excluding hydrogens is 249 g/mol. The summed E-state index contributed by atoms with van der Waals surface area (Å²) >= 11 is 0. The molecule has 0 aromatic heterocycles. The number of hydrogen-bond acceptors (Lipinski definition) is 3. The van der Waals surface area contributed by atoms with Crippen molar-refractivity contribution >= 4 is 5.97 Å². The predicted molar refractivity (Wildman–Crippen MR) is 68.7 cm³/mol. The number of para-hydroxylation sites is 1. The minimum atomic E-state index is -0.786. The first-order valence-electron chi connectivity index (χ1n) is 6.45. The number of nitrogens with one attached hydrogen (secondary N) is 1. The second kappa shape index (κ2) is 6.02. The average molecular weight is 267 g/mol. The van der Waals surface area contributed by atoms with Crippen LogP contribution >= 0.6 is 0 Å². The SMILES string of the molecule is O=C(O)C1(CCOc2ccccc2F)CCNCC1. The first kappa shape index (κ1) is 13.8. The molecule has 19 heavy (non-hydrogen) atoms. The Morgan fingerprint density at radius 3 is 2.68 bits per heavy atom. The van der Waals surface area contributed by atoms with Gasteiger partial charge in [-0.05, 0) is 44.5 Å². The van der Waals surface area contributed by atoms with Gasteiger partial charge >= 0.3 is 5.97 Å². The van der Waals surface area contributed by atoms with Crippen LogP contribution in [0.2, 0.25) is 0 Å². The number of carbonyl (C=O) groups is 1. The highest BCUT2D eigenvalue weighted by Gasteiger charge is 2.39. The Labute approximate surface area is 111 Å². The van der Waals surface area contributed by atoms with Crippen molar-refractivity contribution in [1.82, 2.24) is 5.32 Å². The van der Waals surface area contributed by atoms with Crippen LogP contribution in [0.25, 0.3) is 0 Å². The van der Waals surface area contributed by atoms with Gasteiger partial charge in [0, 0.05) is 0 Å². The summed E-state index contributed by atoms with van der Waals surface area (Å²) in [6, 6.07) is 6.15. The molecule has 5 heteroatoms. The monoisotopic (exact) mass is 267 g/mol. The number of ether oxygens (including phenoxy) is 1. The molecule has 4 nitrogen and oxygen atoms in total. The van der Waals surface area contributed by atoms with Gasteiger partial charge in [-0.25, -0.2) is 4.39 Å². The van der Waals surface area contributed by atoms with E-state index in [4.69, 9.17) is 4.74 Å². The largest absolute Gasteiger partial charge is 0.490 e. The third-order valence-electron chi connectivity index (χ3n) is 3.69. The van der Waals surface area contributed by atoms with Crippen molar-refractivity contribution in [2.45, 2.75) is 19.3 Å². The van der Waals surface area contributed by atoms with Gasteiger partial charge in [0.1, 0.15) is 0 Å². The van der Waals surface area contributed by atoms with Gasteiger partial charge in [-0.15, -0.1) is 0 Å². The summed E-state index contributed by atoms with van der Waals surface area (Å²) in [6.45, 7) is 1.62. The summed E-state index contributed by atoms with van der Waals surface area (Å²) < 4.78 is 18.7. The molecule has 1 aromatic carbocycles. The lowest BCUT2D eigenvalue weighted by Gasteiger charge is -2.33. The van der Waals surface area contributed by atoms with Gasteiger partial charge in [-0.1, -0.05) is 12.1 Å². The van der Waals surface area contributed by atoms with E-state index in [1.165, 1.54) is 6.07 Å². The molecule has 0 radical (unpaired) electrons. The standard InChI is InChI=1S/C14H18FNO3/c15-11-3-1-2-4-12(11)19-10-7-14(13(17)18)5-8-16-9-6-14/h1-4,16H,5-10H2,(H,17,18). The van der Waals surface area contributed by atoms with Gasteiger partial charge in [0.2, 0.25) is 0 Å². The molecule has 0 unspecified atom stereocenters. The maximum absolute atomic E-state index is 13.4. The number of benzene rings is 1. The quantitative estimate of drug-likeness (QED) is 0.857. The van der Waals surface area contributed by atoms with Gasteiger partial charge in [-0.3, -0.25) is 4.79 Å². The number of carboxylic acid groups (broad SMARTS) is 1. The zero-order chi connectivity index (χ0) is 13.7. The number of piperidine rings is 1. The lowest BCUT2D eigenvalue weighted by atomic mass is 9.76. The second-order valence-corrected chi connectivity index (χ2v) is 4.86. The van der Waals surface area contributed by atoms with Gasteiger partial charge in [0.05, 0.1) is 12.0 Å². The lowest BCUT2D eigenvalue weighted by Crippen LogP contribution is -2.43. The van der Waals surface area contributed by atoms with Crippen LogP contribution in [-0.4, -0.2) is 30.8 Å². The van der Waals surface area contributed by atoms with Crippen LogP contribution < -0.4 is 10.1 Å². The van der Waals surface area contributed by atoms with Gasteiger partial charge in [0.15, 0.2) is 11.6 Å². The Morgan fingerprint density at radius 1 is 1.37 bits per heavy atom. The van der Waals surface area contributed by atoms with E-state index in [2.05, 4.69) is 5.32 Å². The Balaban J connectivity index is 1.93. The minimum absolute atomic E-state index is 0.178. The van der Waals surface area contributed by atoms with Crippen LogP contribution in [-0.2, 0) is 4.79 Å². The Hall–Kier alpha value is -1.62. The Morgan fingerprint density at radius 2 is 2.05 bits per heavy atom. The molecule has 2 rings (SSSR count). The fraction of sp³-hybridized carbons (Fsp3) is 0.500. The van der Waals surface area contributed by atoms with Crippen molar-refractivity contribution in [3.8, 4) is 5.75 Å². The third kappa shape index (κ3) is 3.23. The summed E-state index contributed by atoms with van der Waals surface area (Å²) in [5, 5.41) is 12.5. The first-order valence-corrected chi connectivity index (χ1v) is 6.45. The molecule has 1 fully saturated rings. The molecule has 0 saturated carbocycles. The molecule has 1 aromatic rings. The molecule has 0 aliphatic carbocycles. The van der Waals surface area contributed by atoms with Crippen molar-refractivity contribution in [3.63, 3.8) is 0 Å². The fourth-order valence-corrected chi connectivity index (χ4v) is 2.39. The summed E-state index contributed by atoms with van der Waals surface area (Å²) in [7, 11) is 0. The van der Waals surface area contributed by atoms with Gasteiger partial charge in [0.25, 0.3) is 0 Å². The molecule has 1 saturated heterocycles. The maximum atomic E-state index is 13.4. The molecule has 0 bridgehead atoms. The molecule has 2 N–H and O–H groups in total. The summed E-state index contributed by atoms with van der Waals surface area (Å²) in [5.74, 6) is -1.03. The molecule has 0 spiro atoms. The molecule has 1 aliphatic rings. The summed E-state index contributed by atoms with van der Waals surface area (Å²) in [5.41, 5.74) is -0.740. The van der Waals surface area contributed by atoms with Crippen LogP contribution in [0, 0.1) is 11.2 Å². The highest BCUT2D eigenvalue weighted by molar-refractivity contribution is 5.74. The van der Waals surface area contributed by atoms with E-state index in [1.54, 1.807) is 18.2 Å². The lowest BCUT2D eigenvalue weighted by molar-refractivity contribution is -0.151. The van der Waals surface area contributed by atoms with Crippen LogP contribution in [0.3, 0.4) is 0 Å². The first-order chi connectivity index (χ1) is 9.14. The van der Waals surface area contributed by atoms with E-state index in [9.17, 15) is 14.3 Å². The summed E-state index contributed by atoms with van der Waals surface area (Å²) in [4.78, 5) is 11.4. The van der Waals surface area contributed by atoms with Crippen molar-refractivity contribution in [2.75, 3.05) is 19.7 Å². The second-order valence-electron chi connectivity index (χ2n) is 4.86. The number of halogens is 1. The topological polar surface area (TPSA) is 58.6 Å². The molecule has 1 aliphatic heterocycles. The smallest absolute Gasteiger partial charge is 0.309 e. The molecule has 1 heterocycles. The normalized spacial score (nSPS) is 17.9. The fourth-order valence-electron chi connectivity index (χ4n) is 2.39. The highest BCUT2D eigenvalue weighted by atomic mass is 19.1. The van der Waals surface area contributed by atoms with Crippen molar-refractivity contribution in [1.29, 1.82) is 0 Å². The van der Waals surface area contributed by atoms with E-state index < -0.39 is 17.2 Å². The van der Waals surface area contributed by atoms with E-state index in [-0.39, 0.29) is 12.4 Å². The van der Waals surface area contributed by atoms with Crippen LogP contribution in [0.15, 0.2) is 24.3 Å². The Kier molecular flexibility index (Phi) is 4.37. The molecule has 0 atom stereocenters. The van der Waals surface area contributed by atoms with Crippen molar-refractivity contribution < 1.29 is 19.0 Å². The van der Waals surface area contributed by atoms with Crippen LogP contribution in [0.5, 0.6) is 5.75 Å². The minimum Gasteiger partial charge on any atom is -0.490 e. The van der Waals surface area contributed by atoms with Gasteiger partial charge < -0.3 is 15.2 Å². The number of carboxylic acids is 1. The maximum Gasteiger partial charge on any atom is 0.309 e. The number of hydrogen-bond donors (Lipinski definition) is 2. The molecule has 104 valence electrons. The van der Waals surface area contributed by atoms with E-state index in [0.29, 0.717) is 32.4 Å². The van der Waals surface area contributed by atoms with Crippen molar-refractivity contribution in [2.24, 2.45) is 5.41 Å². The predicted octanol–water partition coefficient (Wildman–Crippen LogP) is 2.05. The third-order valence-corrected chi connectivity index (χ3v) is 3.69. The average Bonchev–Trinajstić information content (AvgIpc) is 2.42. The van der Waals surface area contributed by atoms with Crippen LogP contribution in [0.1, 0.15) is 19.3 Å².